The molecule has 1 atom stereocenters. The number of nitriles is 1. The standard InChI is InChI=1S/C26H27N3O7/c1-15(2)26(3,14-27)28-21(30)13-36-25(33)16-10-17(22(35-5)20(11-16)34-4)12-29-23(31)18-8-6-7-9-19(18)24(29)32/h6-11,15H,12-13H2,1-5H3,(H,28,30)/t26-/m0/s1. The molecule has 0 aliphatic carbocycles. The van der Waals surface area contributed by atoms with E-state index in [1.54, 1.807) is 45.0 Å². The van der Waals surface area contributed by atoms with Gasteiger partial charge in [-0.1, -0.05) is 26.0 Å². The normalized spacial score (nSPS) is 14.1. The second-order valence-corrected chi connectivity index (χ2v) is 8.71. The number of nitrogens with one attached hydrogen (secondary N) is 1. The van der Waals surface area contributed by atoms with Crippen LogP contribution in [0.3, 0.4) is 0 Å². The lowest BCUT2D eigenvalue weighted by Crippen LogP contribution is -2.50. The van der Waals surface area contributed by atoms with Crippen LogP contribution in [0.25, 0.3) is 0 Å². The zero-order valence-corrected chi connectivity index (χ0v) is 20.7. The number of carbonyl (C=O) groups is 4. The fraction of sp³-hybridized carbons (Fsp3) is 0.346. The zero-order valence-electron chi connectivity index (χ0n) is 20.7. The number of esters is 1. The third-order valence-electron chi connectivity index (χ3n) is 6.12. The first-order chi connectivity index (χ1) is 17.1. The molecule has 2 aromatic rings. The molecule has 0 aromatic heterocycles. The Bertz CT molecular complexity index is 1230. The highest BCUT2D eigenvalue weighted by molar-refractivity contribution is 6.21. The van der Waals surface area contributed by atoms with E-state index in [9.17, 15) is 24.4 Å². The van der Waals surface area contributed by atoms with Crippen molar-refractivity contribution in [1.82, 2.24) is 10.2 Å². The molecule has 10 heteroatoms. The highest BCUT2D eigenvalue weighted by atomic mass is 16.5. The molecule has 0 unspecified atom stereocenters. The Balaban J connectivity index is 1.82. The van der Waals surface area contributed by atoms with Gasteiger partial charge in [0.05, 0.1) is 43.5 Å². The third kappa shape index (κ3) is 5.00. The van der Waals surface area contributed by atoms with E-state index in [2.05, 4.69) is 5.32 Å². The van der Waals surface area contributed by atoms with Gasteiger partial charge < -0.3 is 19.5 Å². The molecule has 1 heterocycles. The van der Waals surface area contributed by atoms with Crippen LogP contribution in [0.15, 0.2) is 36.4 Å². The molecule has 3 rings (SSSR count). The third-order valence-corrected chi connectivity index (χ3v) is 6.12. The molecule has 0 radical (unpaired) electrons. The minimum Gasteiger partial charge on any atom is -0.493 e. The van der Waals surface area contributed by atoms with Gasteiger partial charge in [-0.15, -0.1) is 0 Å². The Kier molecular flexibility index (Phi) is 7.63. The lowest BCUT2D eigenvalue weighted by Gasteiger charge is -2.27. The van der Waals surface area contributed by atoms with Crippen LogP contribution >= 0.6 is 0 Å². The van der Waals surface area contributed by atoms with Crippen LogP contribution in [0.4, 0.5) is 0 Å². The van der Waals surface area contributed by atoms with Crippen molar-refractivity contribution in [1.29, 1.82) is 5.26 Å². The monoisotopic (exact) mass is 493 g/mol. The molecule has 188 valence electrons. The number of amides is 3. The molecule has 2 aromatic carbocycles. The van der Waals surface area contributed by atoms with Crippen LogP contribution in [-0.4, -0.2) is 55.0 Å². The summed E-state index contributed by atoms with van der Waals surface area (Å²) >= 11 is 0. The van der Waals surface area contributed by atoms with Gasteiger partial charge in [-0.3, -0.25) is 19.3 Å². The molecule has 36 heavy (non-hydrogen) atoms. The number of hydrogen-bond donors (Lipinski definition) is 1. The zero-order chi connectivity index (χ0) is 26.6. The second-order valence-electron chi connectivity index (χ2n) is 8.71. The first-order valence-electron chi connectivity index (χ1n) is 11.2. The first kappa shape index (κ1) is 26.2. The van der Waals surface area contributed by atoms with Crippen LogP contribution in [0.1, 0.15) is 57.4 Å². The van der Waals surface area contributed by atoms with Gasteiger partial charge in [0.15, 0.2) is 18.1 Å². The SMILES string of the molecule is COc1cc(C(=O)OCC(=O)N[C@@](C)(C#N)C(C)C)cc(CN2C(=O)c3ccccc3C2=O)c1OC. The van der Waals surface area contributed by atoms with Crippen LogP contribution in [0, 0.1) is 17.2 Å². The summed E-state index contributed by atoms with van der Waals surface area (Å²) in [6, 6.07) is 11.3. The largest absolute Gasteiger partial charge is 0.493 e. The molecule has 10 nitrogen and oxygen atoms in total. The molecule has 0 saturated carbocycles. The van der Waals surface area contributed by atoms with Crippen molar-refractivity contribution in [3.8, 4) is 17.6 Å². The Morgan fingerprint density at radius 1 is 1.08 bits per heavy atom. The number of benzene rings is 2. The van der Waals surface area contributed by atoms with Crippen molar-refractivity contribution in [2.45, 2.75) is 32.9 Å². The van der Waals surface area contributed by atoms with Gasteiger partial charge in [-0.25, -0.2) is 4.79 Å². The fourth-order valence-electron chi connectivity index (χ4n) is 3.67. The minimum absolute atomic E-state index is 0.0268. The number of ether oxygens (including phenoxy) is 3. The van der Waals surface area contributed by atoms with Crippen molar-refractivity contribution in [2.24, 2.45) is 5.92 Å². The molecule has 1 N–H and O–H groups in total. The Morgan fingerprint density at radius 3 is 2.19 bits per heavy atom. The van der Waals surface area contributed by atoms with Gasteiger partial charge in [0, 0.05) is 5.56 Å². The first-order valence-corrected chi connectivity index (χ1v) is 11.2. The topological polar surface area (TPSA) is 135 Å². The summed E-state index contributed by atoms with van der Waals surface area (Å²) in [5.41, 5.74) is -0.174. The van der Waals surface area contributed by atoms with Crippen molar-refractivity contribution < 1.29 is 33.4 Å². The minimum atomic E-state index is -1.12. The smallest absolute Gasteiger partial charge is 0.338 e. The number of nitrogens with zero attached hydrogens (tertiary/aromatic N) is 2. The number of imide groups is 1. The Hall–Kier alpha value is -4.39. The highest BCUT2D eigenvalue weighted by Gasteiger charge is 2.36. The Morgan fingerprint density at radius 2 is 1.69 bits per heavy atom. The van der Waals surface area contributed by atoms with E-state index >= 15 is 0 Å². The summed E-state index contributed by atoms with van der Waals surface area (Å²) in [6.45, 7) is 4.37. The van der Waals surface area contributed by atoms with E-state index in [0.29, 0.717) is 16.7 Å². The van der Waals surface area contributed by atoms with Gasteiger partial charge in [0.2, 0.25) is 0 Å². The molecule has 0 bridgehead atoms. The van der Waals surface area contributed by atoms with Crippen molar-refractivity contribution >= 4 is 23.7 Å². The Labute approximate surface area is 208 Å². The van der Waals surface area contributed by atoms with Crippen LogP contribution < -0.4 is 14.8 Å². The van der Waals surface area contributed by atoms with E-state index in [-0.39, 0.29) is 29.5 Å². The van der Waals surface area contributed by atoms with Gasteiger partial charge in [-0.2, -0.15) is 5.26 Å². The van der Waals surface area contributed by atoms with Crippen molar-refractivity contribution in [3.05, 3.63) is 58.7 Å². The quantitative estimate of drug-likeness (QED) is 0.416. The molecular weight excluding hydrogens is 466 g/mol. The second kappa shape index (κ2) is 10.5. The maximum absolute atomic E-state index is 12.8. The summed E-state index contributed by atoms with van der Waals surface area (Å²) < 4.78 is 15.9. The number of rotatable bonds is 9. The molecule has 0 fully saturated rings. The predicted molar refractivity (Wildman–Crippen MR) is 127 cm³/mol. The molecule has 1 aliphatic rings. The summed E-state index contributed by atoms with van der Waals surface area (Å²) in [7, 11) is 2.77. The van der Waals surface area contributed by atoms with E-state index in [0.717, 1.165) is 4.90 Å². The lowest BCUT2D eigenvalue weighted by molar-refractivity contribution is -0.125. The van der Waals surface area contributed by atoms with Gasteiger partial charge in [0.25, 0.3) is 17.7 Å². The number of fused-ring (bicyclic) bond motifs is 1. The number of carbonyl (C=O) groups excluding carboxylic acids is 4. The molecule has 1 aliphatic heterocycles. The van der Waals surface area contributed by atoms with Gasteiger partial charge >= 0.3 is 5.97 Å². The van der Waals surface area contributed by atoms with Gasteiger partial charge in [-0.05, 0) is 37.1 Å². The molecule has 0 spiro atoms. The molecule has 3 amide bonds. The molecular formula is C26H27N3O7. The van der Waals surface area contributed by atoms with E-state index in [4.69, 9.17) is 14.2 Å². The lowest BCUT2D eigenvalue weighted by atomic mass is 9.90. The van der Waals surface area contributed by atoms with Crippen LogP contribution in [0.5, 0.6) is 11.5 Å². The molecule has 0 saturated heterocycles. The van der Waals surface area contributed by atoms with Gasteiger partial charge in [0.1, 0.15) is 5.54 Å². The number of hydrogen-bond acceptors (Lipinski definition) is 8. The summed E-state index contributed by atoms with van der Waals surface area (Å²) in [5, 5.41) is 11.9. The predicted octanol–water partition coefficient (Wildman–Crippen LogP) is 2.71. The van der Waals surface area contributed by atoms with E-state index in [1.165, 1.54) is 26.4 Å². The van der Waals surface area contributed by atoms with Crippen molar-refractivity contribution in [2.75, 3.05) is 20.8 Å². The maximum Gasteiger partial charge on any atom is 0.338 e. The maximum atomic E-state index is 12.8. The average Bonchev–Trinajstić information content (AvgIpc) is 3.11. The van der Waals surface area contributed by atoms with E-state index in [1.807, 2.05) is 6.07 Å². The van der Waals surface area contributed by atoms with Crippen LogP contribution in [-0.2, 0) is 16.1 Å². The highest BCUT2D eigenvalue weighted by Crippen LogP contribution is 2.35. The van der Waals surface area contributed by atoms with Crippen LogP contribution in [0.2, 0.25) is 0 Å². The van der Waals surface area contributed by atoms with E-state index < -0.39 is 35.8 Å². The summed E-state index contributed by atoms with van der Waals surface area (Å²) in [6.07, 6.45) is 0. The number of methoxy groups -OCH3 is 2. The fourth-order valence-corrected chi connectivity index (χ4v) is 3.67. The summed E-state index contributed by atoms with van der Waals surface area (Å²) in [4.78, 5) is 51.8. The van der Waals surface area contributed by atoms with Crippen molar-refractivity contribution in [3.63, 3.8) is 0 Å². The summed E-state index contributed by atoms with van der Waals surface area (Å²) in [5.74, 6) is -2.15. The average molecular weight is 494 g/mol.